The summed E-state index contributed by atoms with van der Waals surface area (Å²) < 4.78 is 11.3. The van der Waals surface area contributed by atoms with Crippen molar-refractivity contribution in [1.29, 1.82) is 0 Å². The monoisotopic (exact) mass is 410 g/mol. The normalized spacial score (nSPS) is 15.2. The molecule has 160 valence electrons. The smallest absolute Gasteiger partial charge is 0.254 e. The van der Waals surface area contributed by atoms with Crippen LogP contribution in [-0.2, 0) is 16.1 Å². The van der Waals surface area contributed by atoms with E-state index in [0.29, 0.717) is 24.7 Å². The highest BCUT2D eigenvalue weighted by molar-refractivity contribution is 6.07. The molecule has 2 aromatic rings. The fraction of sp³-hybridized carbons (Fsp3) is 0.417. The number of nitrogens with one attached hydrogen (secondary N) is 1. The van der Waals surface area contributed by atoms with Crippen LogP contribution in [0.4, 0.5) is 5.69 Å². The molecule has 1 aliphatic rings. The van der Waals surface area contributed by atoms with E-state index >= 15 is 0 Å². The summed E-state index contributed by atoms with van der Waals surface area (Å²) in [4.78, 5) is 26.7. The molecule has 1 atom stereocenters. The van der Waals surface area contributed by atoms with Gasteiger partial charge in [0.1, 0.15) is 6.04 Å². The standard InChI is InChI=1S/C24H30N2O4/c1-6-7-12-30-19-11-10-18(13-20(19)29-5)14-26-23-16(3)9-8-15(2)21(23)22(24(26)28)25-17(4)27/h8-11,13,22H,6-7,12,14H2,1-5H3,(H,25,27)/t22-/m1/s1. The fourth-order valence-corrected chi connectivity index (χ4v) is 3.86. The summed E-state index contributed by atoms with van der Waals surface area (Å²) in [5.41, 5.74) is 4.67. The summed E-state index contributed by atoms with van der Waals surface area (Å²) in [5, 5.41) is 2.82. The third kappa shape index (κ3) is 4.27. The first-order chi connectivity index (χ1) is 14.4. The minimum atomic E-state index is -0.657. The van der Waals surface area contributed by atoms with E-state index in [1.807, 2.05) is 44.2 Å². The minimum Gasteiger partial charge on any atom is -0.493 e. The highest BCUT2D eigenvalue weighted by Gasteiger charge is 2.40. The van der Waals surface area contributed by atoms with E-state index in [4.69, 9.17) is 9.47 Å². The van der Waals surface area contributed by atoms with Crippen LogP contribution in [0, 0.1) is 13.8 Å². The van der Waals surface area contributed by atoms with Gasteiger partial charge in [0.2, 0.25) is 5.91 Å². The Labute approximate surface area is 178 Å². The van der Waals surface area contributed by atoms with E-state index in [0.717, 1.165) is 40.8 Å². The molecule has 1 aliphatic heterocycles. The number of nitrogens with zero attached hydrogens (tertiary/aromatic N) is 1. The second-order valence-corrected chi connectivity index (χ2v) is 7.71. The Morgan fingerprint density at radius 3 is 2.53 bits per heavy atom. The van der Waals surface area contributed by atoms with Crippen molar-refractivity contribution < 1.29 is 19.1 Å². The van der Waals surface area contributed by atoms with Gasteiger partial charge in [-0.25, -0.2) is 0 Å². The van der Waals surface area contributed by atoms with E-state index in [1.165, 1.54) is 6.92 Å². The quantitative estimate of drug-likeness (QED) is 0.662. The van der Waals surface area contributed by atoms with Gasteiger partial charge in [-0.1, -0.05) is 31.5 Å². The van der Waals surface area contributed by atoms with Gasteiger partial charge in [0, 0.05) is 12.5 Å². The molecule has 0 saturated carbocycles. The summed E-state index contributed by atoms with van der Waals surface area (Å²) in [6, 6.07) is 9.09. The summed E-state index contributed by atoms with van der Waals surface area (Å²) in [6.45, 7) is 8.53. The van der Waals surface area contributed by atoms with Crippen LogP contribution in [0.5, 0.6) is 11.5 Å². The molecule has 0 unspecified atom stereocenters. The van der Waals surface area contributed by atoms with Crippen molar-refractivity contribution in [2.45, 2.75) is 53.1 Å². The van der Waals surface area contributed by atoms with Crippen molar-refractivity contribution in [3.05, 3.63) is 52.6 Å². The molecule has 0 aromatic heterocycles. The summed E-state index contributed by atoms with van der Waals surface area (Å²) >= 11 is 0. The van der Waals surface area contributed by atoms with E-state index < -0.39 is 6.04 Å². The van der Waals surface area contributed by atoms with Gasteiger partial charge in [-0.15, -0.1) is 0 Å². The molecule has 6 heteroatoms. The van der Waals surface area contributed by atoms with E-state index in [1.54, 1.807) is 12.0 Å². The number of ether oxygens (including phenoxy) is 2. The Morgan fingerprint density at radius 1 is 1.13 bits per heavy atom. The zero-order valence-corrected chi connectivity index (χ0v) is 18.4. The molecule has 1 heterocycles. The lowest BCUT2D eigenvalue weighted by molar-refractivity contribution is -0.126. The Balaban J connectivity index is 1.92. The molecule has 2 aromatic carbocycles. The summed E-state index contributed by atoms with van der Waals surface area (Å²) in [7, 11) is 1.61. The predicted molar refractivity (Wildman–Crippen MR) is 117 cm³/mol. The number of methoxy groups -OCH3 is 1. The molecular weight excluding hydrogens is 380 g/mol. The van der Waals surface area contributed by atoms with Gasteiger partial charge in [0.05, 0.1) is 25.9 Å². The third-order valence-electron chi connectivity index (χ3n) is 5.38. The lowest BCUT2D eigenvalue weighted by atomic mass is 9.99. The van der Waals surface area contributed by atoms with Crippen molar-refractivity contribution in [3.8, 4) is 11.5 Å². The van der Waals surface area contributed by atoms with Crippen molar-refractivity contribution in [2.24, 2.45) is 0 Å². The van der Waals surface area contributed by atoms with Crippen LogP contribution < -0.4 is 19.7 Å². The average molecular weight is 411 g/mol. The molecule has 0 saturated heterocycles. The first-order valence-corrected chi connectivity index (χ1v) is 10.4. The molecule has 2 amide bonds. The van der Waals surface area contributed by atoms with Gasteiger partial charge >= 0.3 is 0 Å². The second-order valence-electron chi connectivity index (χ2n) is 7.71. The van der Waals surface area contributed by atoms with E-state index in [2.05, 4.69) is 12.2 Å². The average Bonchev–Trinajstić information content (AvgIpc) is 2.98. The zero-order chi connectivity index (χ0) is 21.8. The first kappa shape index (κ1) is 21.7. The van der Waals surface area contributed by atoms with Gasteiger partial charge in [-0.2, -0.15) is 0 Å². The minimum absolute atomic E-state index is 0.125. The highest BCUT2D eigenvalue weighted by Crippen LogP contribution is 2.42. The summed E-state index contributed by atoms with van der Waals surface area (Å²) in [6.07, 6.45) is 2.04. The molecule has 1 N–H and O–H groups in total. The van der Waals surface area contributed by atoms with E-state index in [-0.39, 0.29) is 11.8 Å². The number of hydrogen-bond donors (Lipinski definition) is 1. The molecule has 0 spiro atoms. The van der Waals surface area contributed by atoms with Gasteiger partial charge in [0.15, 0.2) is 11.5 Å². The second kappa shape index (κ2) is 9.20. The van der Waals surface area contributed by atoms with Gasteiger partial charge in [0.25, 0.3) is 5.91 Å². The number of carbonyl (C=O) groups is 2. The van der Waals surface area contributed by atoms with Gasteiger partial charge in [-0.05, 0) is 49.1 Å². The van der Waals surface area contributed by atoms with Gasteiger partial charge < -0.3 is 19.7 Å². The van der Waals surface area contributed by atoms with Crippen LogP contribution in [0.2, 0.25) is 0 Å². The maximum atomic E-state index is 13.3. The van der Waals surface area contributed by atoms with E-state index in [9.17, 15) is 9.59 Å². The number of carbonyl (C=O) groups excluding carboxylic acids is 2. The van der Waals surface area contributed by atoms with Crippen molar-refractivity contribution in [1.82, 2.24) is 5.32 Å². The van der Waals surface area contributed by atoms with Crippen LogP contribution >= 0.6 is 0 Å². The molecule has 30 heavy (non-hydrogen) atoms. The molecule has 6 nitrogen and oxygen atoms in total. The Kier molecular flexibility index (Phi) is 6.65. The maximum absolute atomic E-state index is 13.3. The van der Waals surface area contributed by atoms with Crippen molar-refractivity contribution >= 4 is 17.5 Å². The topological polar surface area (TPSA) is 67.9 Å². The third-order valence-corrected chi connectivity index (χ3v) is 5.38. The fourth-order valence-electron chi connectivity index (χ4n) is 3.86. The van der Waals surface area contributed by atoms with Gasteiger partial charge in [-0.3, -0.25) is 9.59 Å². The van der Waals surface area contributed by atoms with Crippen LogP contribution in [-0.4, -0.2) is 25.5 Å². The number of hydrogen-bond acceptors (Lipinski definition) is 4. The van der Waals surface area contributed by atoms with Crippen molar-refractivity contribution in [3.63, 3.8) is 0 Å². The molecule has 0 fully saturated rings. The lowest BCUT2D eigenvalue weighted by Gasteiger charge is -2.21. The Hall–Kier alpha value is -3.02. The summed E-state index contributed by atoms with van der Waals surface area (Å²) in [5.74, 6) is 0.998. The maximum Gasteiger partial charge on any atom is 0.254 e. The number of unbranched alkanes of at least 4 members (excludes halogenated alkanes) is 1. The molecule has 0 aliphatic carbocycles. The van der Waals surface area contributed by atoms with Crippen LogP contribution in [0.25, 0.3) is 0 Å². The highest BCUT2D eigenvalue weighted by atomic mass is 16.5. The van der Waals surface area contributed by atoms with Crippen molar-refractivity contribution in [2.75, 3.05) is 18.6 Å². The lowest BCUT2D eigenvalue weighted by Crippen LogP contribution is -2.36. The first-order valence-electron chi connectivity index (χ1n) is 10.4. The molecule has 3 rings (SSSR count). The number of anilines is 1. The van der Waals surface area contributed by atoms with Crippen LogP contribution in [0.3, 0.4) is 0 Å². The Morgan fingerprint density at radius 2 is 1.87 bits per heavy atom. The molecule has 0 radical (unpaired) electrons. The Bertz CT molecular complexity index is 954. The zero-order valence-electron chi connectivity index (χ0n) is 18.4. The predicted octanol–water partition coefficient (Wildman–Crippen LogP) is 4.21. The number of aryl methyl sites for hydroxylation is 2. The number of fused-ring (bicyclic) bond motifs is 1. The number of benzene rings is 2. The molecule has 0 bridgehead atoms. The largest absolute Gasteiger partial charge is 0.493 e. The van der Waals surface area contributed by atoms with Crippen LogP contribution in [0.1, 0.15) is 55.0 Å². The van der Waals surface area contributed by atoms with Crippen LogP contribution in [0.15, 0.2) is 30.3 Å². The number of amides is 2. The SMILES string of the molecule is CCCCOc1ccc(CN2C(=O)[C@H](NC(C)=O)c3c(C)ccc(C)c32)cc1OC. The number of rotatable bonds is 8. The molecular formula is C24H30N2O4.